The van der Waals surface area contributed by atoms with E-state index in [1.165, 1.54) is 5.56 Å². The van der Waals surface area contributed by atoms with Gasteiger partial charge in [-0.3, -0.25) is 9.59 Å². The summed E-state index contributed by atoms with van der Waals surface area (Å²) < 4.78 is 0. The first kappa shape index (κ1) is 20.0. The maximum Gasteiger partial charge on any atom is 0.224 e. The largest absolute Gasteiger partial charge is 0.339 e. The normalized spacial score (nSPS) is 10.4. The standard InChI is InChI=1S/C21H25ClN2O2/c1-3-24(16(2)25)15-18-7-4-8-20(14-18)23-21(26)9-5-6-17-10-12-19(22)13-11-17/h4,7-8,10-14H,3,5-6,9,15H2,1-2H3,(H,23,26). The maximum atomic E-state index is 12.2. The summed E-state index contributed by atoms with van der Waals surface area (Å²) in [5.74, 6) is 0.0409. The van der Waals surface area contributed by atoms with Crippen molar-refractivity contribution in [2.24, 2.45) is 0 Å². The van der Waals surface area contributed by atoms with Crippen molar-refractivity contribution in [2.45, 2.75) is 39.7 Å². The summed E-state index contributed by atoms with van der Waals surface area (Å²) >= 11 is 5.87. The van der Waals surface area contributed by atoms with Crippen LogP contribution >= 0.6 is 11.6 Å². The van der Waals surface area contributed by atoms with E-state index in [9.17, 15) is 9.59 Å². The summed E-state index contributed by atoms with van der Waals surface area (Å²) in [5, 5.41) is 3.65. The molecule has 2 amide bonds. The van der Waals surface area contributed by atoms with Crippen LogP contribution in [0.3, 0.4) is 0 Å². The maximum absolute atomic E-state index is 12.2. The Morgan fingerprint density at radius 3 is 2.46 bits per heavy atom. The number of halogens is 1. The fraction of sp³-hybridized carbons (Fsp3) is 0.333. The molecule has 4 nitrogen and oxygen atoms in total. The van der Waals surface area contributed by atoms with E-state index in [-0.39, 0.29) is 11.8 Å². The minimum absolute atomic E-state index is 0.00460. The van der Waals surface area contributed by atoms with Crippen LogP contribution in [0.2, 0.25) is 5.02 Å². The Balaban J connectivity index is 1.83. The van der Waals surface area contributed by atoms with E-state index in [1.807, 2.05) is 55.5 Å². The number of nitrogens with one attached hydrogen (secondary N) is 1. The number of benzene rings is 2. The molecule has 0 saturated carbocycles. The van der Waals surface area contributed by atoms with Crippen molar-refractivity contribution < 1.29 is 9.59 Å². The molecule has 2 aromatic rings. The Kier molecular flexibility index (Phi) is 7.67. The molecule has 0 spiro atoms. The van der Waals surface area contributed by atoms with Crippen LogP contribution in [0.4, 0.5) is 5.69 Å². The number of carbonyl (C=O) groups excluding carboxylic acids is 2. The molecule has 26 heavy (non-hydrogen) atoms. The van der Waals surface area contributed by atoms with Crippen molar-refractivity contribution in [1.29, 1.82) is 0 Å². The molecule has 0 unspecified atom stereocenters. The molecule has 0 aromatic heterocycles. The van der Waals surface area contributed by atoms with Crippen LogP contribution in [0.1, 0.15) is 37.8 Å². The summed E-state index contributed by atoms with van der Waals surface area (Å²) in [5.41, 5.74) is 2.94. The van der Waals surface area contributed by atoms with Gasteiger partial charge in [-0.2, -0.15) is 0 Å². The molecule has 5 heteroatoms. The van der Waals surface area contributed by atoms with Crippen molar-refractivity contribution >= 4 is 29.1 Å². The lowest BCUT2D eigenvalue weighted by Crippen LogP contribution is -2.27. The number of anilines is 1. The van der Waals surface area contributed by atoms with Crippen LogP contribution in [0.15, 0.2) is 48.5 Å². The van der Waals surface area contributed by atoms with Crippen molar-refractivity contribution in [3.63, 3.8) is 0 Å². The van der Waals surface area contributed by atoms with Gasteiger partial charge in [-0.05, 0) is 55.2 Å². The third-order valence-electron chi connectivity index (χ3n) is 4.19. The molecule has 0 radical (unpaired) electrons. The first-order chi connectivity index (χ1) is 12.5. The predicted molar refractivity (Wildman–Crippen MR) is 106 cm³/mol. The van der Waals surface area contributed by atoms with E-state index in [4.69, 9.17) is 11.6 Å². The first-order valence-electron chi connectivity index (χ1n) is 8.86. The van der Waals surface area contributed by atoms with Crippen molar-refractivity contribution in [3.8, 4) is 0 Å². The van der Waals surface area contributed by atoms with Crippen molar-refractivity contribution in [3.05, 3.63) is 64.7 Å². The molecule has 0 bridgehead atoms. The second-order valence-corrected chi connectivity index (χ2v) is 6.70. The number of carbonyl (C=O) groups is 2. The summed E-state index contributed by atoms with van der Waals surface area (Å²) in [6.45, 7) is 4.73. The van der Waals surface area contributed by atoms with E-state index < -0.39 is 0 Å². The zero-order valence-electron chi connectivity index (χ0n) is 15.3. The molecule has 0 fully saturated rings. The molecule has 0 atom stereocenters. The summed E-state index contributed by atoms with van der Waals surface area (Å²) in [6.07, 6.45) is 2.08. The molecule has 0 saturated heterocycles. The Bertz CT molecular complexity index is 744. The molecule has 1 N–H and O–H groups in total. The van der Waals surface area contributed by atoms with Crippen LogP contribution in [0.25, 0.3) is 0 Å². The first-order valence-corrected chi connectivity index (χ1v) is 9.24. The average Bonchev–Trinajstić information content (AvgIpc) is 2.61. The summed E-state index contributed by atoms with van der Waals surface area (Å²) in [4.78, 5) is 25.5. The van der Waals surface area contributed by atoms with Gasteiger partial charge in [0, 0.05) is 37.1 Å². The van der Waals surface area contributed by atoms with Crippen molar-refractivity contribution in [1.82, 2.24) is 4.90 Å². The van der Waals surface area contributed by atoms with Gasteiger partial charge in [0.1, 0.15) is 0 Å². The lowest BCUT2D eigenvalue weighted by atomic mass is 10.1. The van der Waals surface area contributed by atoms with Gasteiger partial charge in [0.15, 0.2) is 0 Å². The Hall–Kier alpha value is -2.33. The summed E-state index contributed by atoms with van der Waals surface area (Å²) in [6, 6.07) is 15.3. The van der Waals surface area contributed by atoms with Crippen LogP contribution < -0.4 is 5.32 Å². The highest BCUT2D eigenvalue weighted by molar-refractivity contribution is 6.30. The Labute approximate surface area is 160 Å². The highest BCUT2D eigenvalue weighted by Crippen LogP contribution is 2.15. The highest BCUT2D eigenvalue weighted by Gasteiger charge is 2.08. The molecule has 138 valence electrons. The van der Waals surface area contributed by atoms with E-state index in [0.29, 0.717) is 19.5 Å². The van der Waals surface area contributed by atoms with E-state index in [1.54, 1.807) is 11.8 Å². The van der Waals surface area contributed by atoms with Crippen molar-refractivity contribution in [2.75, 3.05) is 11.9 Å². The number of nitrogens with zero attached hydrogens (tertiary/aromatic N) is 1. The number of amides is 2. The SMILES string of the molecule is CCN(Cc1cccc(NC(=O)CCCc2ccc(Cl)cc2)c1)C(C)=O. The van der Waals surface area contributed by atoms with Gasteiger partial charge in [-0.25, -0.2) is 0 Å². The minimum Gasteiger partial charge on any atom is -0.339 e. The van der Waals surface area contributed by atoms with Gasteiger partial charge in [0.05, 0.1) is 0 Å². The fourth-order valence-corrected chi connectivity index (χ4v) is 2.87. The lowest BCUT2D eigenvalue weighted by Gasteiger charge is -2.19. The van der Waals surface area contributed by atoms with Crippen LogP contribution in [0, 0.1) is 0 Å². The predicted octanol–water partition coefficient (Wildman–Crippen LogP) is 4.67. The monoisotopic (exact) mass is 372 g/mol. The molecular formula is C21H25ClN2O2. The van der Waals surface area contributed by atoms with Gasteiger partial charge >= 0.3 is 0 Å². The molecule has 0 aliphatic heterocycles. The van der Waals surface area contributed by atoms with Crippen LogP contribution in [-0.2, 0) is 22.6 Å². The highest BCUT2D eigenvalue weighted by atomic mass is 35.5. The Morgan fingerprint density at radius 2 is 1.81 bits per heavy atom. The summed E-state index contributed by atoms with van der Waals surface area (Å²) in [7, 11) is 0. The molecule has 0 heterocycles. The number of rotatable bonds is 8. The van der Waals surface area contributed by atoms with Gasteiger partial charge < -0.3 is 10.2 Å². The van der Waals surface area contributed by atoms with Gasteiger partial charge in [-0.1, -0.05) is 35.9 Å². The number of hydrogen-bond acceptors (Lipinski definition) is 2. The van der Waals surface area contributed by atoms with Gasteiger partial charge in [0.25, 0.3) is 0 Å². The van der Waals surface area contributed by atoms with Gasteiger partial charge in [0.2, 0.25) is 11.8 Å². The van der Waals surface area contributed by atoms with Crippen LogP contribution in [0.5, 0.6) is 0 Å². The van der Waals surface area contributed by atoms with E-state index in [0.717, 1.165) is 29.1 Å². The Morgan fingerprint density at radius 1 is 1.08 bits per heavy atom. The second-order valence-electron chi connectivity index (χ2n) is 6.26. The topological polar surface area (TPSA) is 49.4 Å². The zero-order chi connectivity index (χ0) is 18.9. The van der Waals surface area contributed by atoms with E-state index >= 15 is 0 Å². The third kappa shape index (κ3) is 6.52. The zero-order valence-corrected chi connectivity index (χ0v) is 16.1. The van der Waals surface area contributed by atoms with E-state index in [2.05, 4.69) is 5.32 Å². The molecule has 0 aliphatic rings. The molecule has 0 aliphatic carbocycles. The average molecular weight is 373 g/mol. The fourth-order valence-electron chi connectivity index (χ4n) is 2.74. The number of hydrogen-bond donors (Lipinski definition) is 1. The van der Waals surface area contributed by atoms with Crippen LogP contribution in [-0.4, -0.2) is 23.3 Å². The quantitative estimate of drug-likeness (QED) is 0.732. The molecular weight excluding hydrogens is 348 g/mol. The molecule has 2 rings (SSSR count). The van der Waals surface area contributed by atoms with Gasteiger partial charge in [-0.15, -0.1) is 0 Å². The molecule has 2 aromatic carbocycles. The minimum atomic E-state index is -0.00460. The smallest absolute Gasteiger partial charge is 0.224 e. The second kappa shape index (κ2) is 9.97. The third-order valence-corrected chi connectivity index (χ3v) is 4.45. The number of aryl methyl sites for hydroxylation is 1. The lowest BCUT2D eigenvalue weighted by molar-refractivity contribution is -0.129.